The highest BCUT2D eigenvalue weighted by molar-refractivity contribution is 5.93. The third-order valence-electron chi connectivity index (χ3n) is 4.04. The second-order valence-electron chi connectivity index (χ2n) is 5.81. The van der Waals surface area contributed by atoms with Crippen molar-refractivity contribution in [1.29, 1.82) is 0 Å². The molecule has 6 heteroatoms. The Balaban J connectivity index is 1.59. The van der Waals surface area contributed by atoms with Crippen LogP contribution in [-0.2, 0) is 6.54 Å². The van der Waals surface area contributed by atoms with Crippen LogP contribution in [0.5, 0.6) is 0 Å². The zero-order chi connectivity index (χ0) is 15.9. The third-order valence-corrected chi connectivity index (χ3v) is 4.04. The maximum Gasteiger partial charge on any atom is 0.270 e. The van der Waals surface area contributed by atoms with E-state index in [1.165, 1.54) is 25.6 Å². The Bertz CT molecular complexity index is 640. The van der Waals surface area contributed by atoms with Crippen LogP contribution in [-0.4, -0.2) is 26.9 Å². The van der Waals surface area contributed by atoms with Crippen LogP contribution >= 0.6 is 0 Å². The number of anilines is 1. The topological polar surface area (TPSA) is 79.8 Å². The van der Waals surface area contributed by atoms with E-state index in [0.717, 1.165) is 18.4 Å². The monoisotopic (exact) mass is 311 g/mol. The van der Waals surface area contributed by atoms with E-state index < -0.39 is 0 Å². The normalized spacial score (nSPS) is 15.1. The quantitative estimate of drug-likeness (QED) is 0.887. The van der Waals surface area contributed by atoms with Crippen LogP contribution in [0.25, 0.3) is 0 Å². The van der Waals surface area contributed by atoms with Crippen molar-refractivity contribution in [3.63, 3.8) is 0 Å². The second kappa shape index (κ2) is 7.67. The van der Waals surface area contributed by atoms with E-state index >= 15 is 0 Å². The molecule has 2 aromatic heterocycles. The Hall–Kier alpha value is -2.50. The summed E-state index contributed by atoms with van der Waals surface area (Å²) >= 11 is 0. The van der Waals surface area contributed by atoms with Gasteiger partial charge in [-0.15, -0.1) is 0 Å². The highest BCUT2D eigenvalue weighted by Gasteiger charge is 2.17. The van der Waals surface area contributed by atoms with E-state index in [2.05, 4.69) is 25.6 Å². The fraction of sp³-hybridized carbons (Fsp3) is 0.412. The van der Waals surface area contributed by atoms with E-state index in [1.54, 1.807) is 18.5 Å². The number of amides is 1. The Labute approximate surface area is 135 Å². The molecule has 0 atom stereocenters. The van der Waals surface area contributed by atoms with Crippen LogP contribution in [0.4, 0.5) is 5.82 Å². The molecule has 3 rings (SSSR count). The number of hydrogen-bond donors (Lipinski definition) is 2. The zero-order valence-electron chi connectivity index (χ0n) is 13.0. The number of carbonyl (C=O) groups is 1. The maximum absolute atomic E-state index is 12.3. The lowest BCUT2D eigenvalue weighted by Crippen LogP contribution is -2.36. The molecule has 2 heterocycles. The van der Waals surface area contributed by atoms with Crippen molar-refractivity contribution < 1.29 is 4.79 Å². The first kappa shape index (κ1) is 15.4. The number of pyridine rings is 1. The van der Waals surface area contributed by atoms with Crippen molar-refractivity contribution in [3.8, 4) is 0 Å². The minimum atomic E-state index is -0.122. The van der Waals surface area contributed by atoms with Crippen molar-refractivity contribution in [1.82, 2.24) is 20.3 Å². The van der Waals surface area contributed by atoms with Gasteiger partial charge in [0.1, 0.15) is 17.8 Å². The minimum Gasteiger partial charge on any atom is -0.366 e. The van der Waals surface area contributed by atoms with Crippen molar-refractivity contribution in [2.24, 2.45) is 0 Å². The van der Waals surface area contributed by atoms with E-state index in [0.29, 0.717) is 18.1 Å². The van der Waals surface area contributed by atoms with Crippen molar-refractivity contribution >= 4 is 11.7 Å². The maximum atomic E-state index is 12.3. The van der Waals surface area contributed by atoms with Crippen LogP contribution in [0.2, 0.25) is 0 Å². The van der Waals surface area contributed by atoms with Gasteiger partial charge in [-0.3, -0.25) is 9.78 Å². The smallest absolute Gasteiger partial charge is 0.270 e. The summed E-state index contributed by atoms with van der Waals surface area (Å²) in [6.45, 7) is 0.606. The van der Waals surface area contributed by atoms with Crippen molar-refractivity contribution in [2.75, 3.05) is 5.32 Å². The molecule has 1 saturated carbocycles. The molecule has 1 aliphatic rings. The molecular formula is C17H21N5O. The molecule has 0 radical (unpaired) electrons. The van der Waals surface area contributed by atoms with Crippen LogP contribution in [0.3, 0.4) is 0 Å². The average molecular weight is 311 g/mol. The molecule has 0 aromatic carbocycles. The van der Waals surface area contributed by atoms with E-state index in [9.17, 15) is 4.79 Å². The summed E-state index contributed by atoms with van der Waals surface area (Å²) in [5.74, 6) is 0.515. The molecule has 2 N–H and O–H groups in total. The molecule has 1 aliphatic carbocycles. The standard InChI is InChI=1S/C17H21N5O/c23-17(22-14-6-2-1-3-7-14)15-9-16(21-12-20-15)19-11-13-5-4-8-18-10-13/h4-5,8-10,12,14H,1-3,6-7,11H2,(H,22,23)(H,19,20,21). The molecule has 23 heavy (non-hydrogen) atoms. The number of hydrogen-bond acceptors (Lipinski definition) is 5. The Kier molecular flexibility index (Phi) is 5.13. The van der Waals surface area contributed by atoms with Crippen molar-refractivity contribution in [3.05, 3.63) is 48.2 Å². The lowest BCUT2D eigenvalue weighted by atomic mass is 9.95. The number of nitrogens with zero attached hydrogens (tertiary/aromatic N) is 3. The van der Waals surface area contributed by atoms with Crippen LogP contribution in [0.15, 0.2) is 36.9 Å². The summed E-state index contributed by atoms with van der Waals surface area (Å²) in [6.07, 6.45) is 10.7. The van der Waals surface area contributed by atoms with Gasteiger partial charge < -0.3 is 10.6 Å². The van der Waals surface area contributed by atoms with E-state index in [1.807, 2.05) is 12.1 Å². The highest BCUT2D eigenvalue weighted by Crippen LogP contribution is 2.17. The molecule has 6 nitrogen and oxygen atoms in total. The Morgan fingerprint density at radius 2 is 2.09 bits per heavy atom. The van der Waals surface area contributed by atoms with Crippen LogP contribution < -0.4 is 10.6 Å². The van der Waals surface area contributed by atoms with Gasteiger partial charge in [0.15, 0.2) is 0 Å². The van der Waals surface area contributed by atoms with Gasteiger partial charge in [0.05, 0.1) is 0 Å². The molecule has 0 aliphatic heterocycles. The molecule has 120 valence electrons. The zero-order valence-corrected chi connectivity index (χ0v) is 13.0. The fourth-order valence-electron chi connectivity index (χ4n) is 2.78. The summed E-state index contributed by atoms with van der Waals surface area (Å²) in [6, 6.07) is 5.84. The Morgan fingerprint density at radius 3 is 2.87 bits per heavy atom. The number of aromatic nitrogens is 3. The predicted molar refractivity (Wildman–Crippen MR) is 87.9 cm³/mol. The highest BCUT2D eigenvalue weighted by atomic mass is 16.1. The van der Waals surface area contributed by atoms with Crippen LogP contribution in [0, 0.1) is 0 Å². The molecule has 0 saturated heterocycles. The first-order chi connectivity index (χ1) is 11.3. The Morgan fingerprint density at radius 1 is 1.22 bits per heavy atom. The second-order valence-corrected chi connectivity index (χ2v) is 5.81. The molecule has 0 spiro atoms. The molecule has 1 amide bonds. The van der Waals surface area contributed by atoms with Crippen molar-refractivity contribution in [2.45, 2.75) is 44.7 Å². The first-order valence-corrected chi connectivity index (χ1v) is 8.07. The number of nitrogens with one attached hydrogen (secondary N) is 2. The molecular weight excluding hydrogens is 290 g/mol. The molecule has 0 bridgehead atoms. The summed E-state index contributed by atoms with van der Waals surface area (Å²) in [7, 11) is 0. The molecule has 2 aromatic rings. The summed E-state index contributed by atoms with van der Waals surface area (Å²) in [5, 5.41) is 6.26. The fourth-order valence-corrected chi connectivity index (χ4v) is 2.78. The molecule has 0 unspecified atom stereocenters. The molecule has 1 fully saturated rings. The third kappa shape index (κ3) is 4.48. The average Bonchev–Trinajstić information content (AvgIpc) is 2.62. The van der Waals surface area contributed by atoms with Gasteiger partial charge in [0, 0.05) is 31.0 Å². The van der Waals surface area contributed by atoms with E-state index in [-0.39, 0.29) is 11.9 Å². The van der Waals surface area contributed by atoms with Gasteiger partial charge >= 0.3 is 0 Å². The minimum absolute atomic E-state index is 0.122. The summed E-state index contributed by atoms with van der Waals surface area (Å²) in [5.41, 5.74) is 1.46. The SMILES string of the molecule is O=C(NC1CCCCC1)c1cc(NCc2cccnc2)ncn1. The van der Waals surface area contributed by atoms with Gasteiger partial charge in [-0.25, -0.2) is 9.97 Å². The lowest BCUT2D eigenvalue weighted by molar-refractivity contribution is 0.0922. The number of rotatable bonds is 5. The number of carbonyl (C=O) groups excluding carboxylic acids is 1. The van der Waals surface area contributed by atoms with Gasteiger partial charge in [0.2, 0.25) is 0 Å². The van der Waals surface area contributed by atoms with Gasteiger partial charge in [-0.2, -0.15) is 0 Å². The lowest BCUT2D eigenvalue weighted by Gasteiger charge is -2.22. The summed E-state index contributed by atoms with van der Waals surface area (Å²) in [4.78, 5) is 24.6. The van der Waals surface area contributed by atoms with E-state index in [4.69, 9.17) is 0 Å². The predicted octanol–water partition coefficient (Wildman–Crippen LogP) is 2.55. The largest absolute Gasteiger partial charge is 0.366 e. The van der Waals surface area contributed by atoms with Gasteiger partial charge in [-0.05, 0) is 24.5 Å². The first-order valence-electron chi connectivity index (χ1n) is 8.07. The van der Waals surface area contributed by atoms with Gasteiger partial charge in [0.25, 0.3) is 5.91 Å². The van der Waals surface area contributed by atoms with Crippen LogP contribution in [0.1, 0.15) is 48.2 Å². The van der Waals surface area contributed by atoms with Gasteiger partial charge in [-0.1, -0.05) is 25.3 Å². The summed E-state index contributed by atoms with van der Waals surface area (Å²) < 4.78 is 0.